The van der Waals surface area contributed by atoms with Crippen molar-refractivity contribution in [1.29, 1.82) is 0 Å². The average Bonchev–Trinajstić information content (AvgIpc) is 1.91. The van der Waals surface area contributed by atoms with Gasteiger partial charge < -0.3 is 0 Å². The van der Waals surface area contributed by atoms with Gasteiger partial charge >= 0.3 is 0 Å². The monoisotopic (exact) mass is 266 g/mol. The molecule has 0 aromatic heterocycles. The van der Waals surface area contributed by atoms with Gasteiger partial charge in [0.05, 0.1) is 0 Å². The summed E-state index contributed by atoms with van der Waals surface area (Å²) >= 11 is 9.46. The Bertz CT molecular complexity index is 250. The van der Waals surface area contributed by atoms with Crippen molar-refractivity contribution >= 4 is 34.9 Å². The molecule has 0 radical (unpaired) electrons. The minimum atomic E-state index is -0.621. The highest BCUT2D eigenvalue weighted by Gasteiger charge is 2.06. The van der Waals surface area contributed by atoms with E-state index in [2.05, 4.69) is 39.5 Å². The van der Waals surface area contributed by atoms with E-state index >= 15 is 0 Å². The smallest absolute Gasteiger partial charge is 0.0406 e. The van der Waals surface area contributed by atoms with Gasteiger partial charge in [-0.3, -0.25) is 0 Å². The third-order valence-corrected chi connectivity index (χ3v) is 3.38. The van der Waals surface area contributed by atoms with Gasteiger partial charge in [-0.15, -0.1) is 0 Å². The van der Waals surface area contributed by atoms with E-state index in [-0.39, 0.29) is 0 Å². The highest BCUT2D eigenvalue weighted by Crippen LogP contribution is 2.51. The lowest BCUT2D eigenvalue weighted by atomic mass is 10.2. The van der Waals surface area contributed by atoms with Crippen LogP contribution in [0.3, 0.4) is 0 Å². The van der Waals surface area contributed by atoms with Crippen LogP contribution in [0, 0.1) is 0 Å². The van der Waals surface area contributed by atoms with Gasteiger partial charge in [0.15, 0.2) is 0 Å². The molecule has 0 aliphatic carbocycles. The van der Waals surface area contributed by atoms with Crippen molar-refractivity contribution in [3.05, 3.63) is 34.9 Å². The third kappa shape index (κ3) is 3.83. The van der Waals surface area contributed by atoms with Crippen LogP contribution in [0.25, 0.3) is 0 Å². The van der Waals surface area contributed by atoms with Crippen molar-refractivity contribution in [2.45, 2.75) is 5.75 Å². The maximum atomic E-state index is 5.78. The predicted molar refractivity (Wildman–Crippen MR) is 63.5 cm³/mol. The quantitative estimate of drug-likeness (QED) is 0.753. The molecule has 12 heavy (non-hydrogen) atoms. The summed E-state index contributed by atoms with van der Waals surface area (Å²) in [6.45, 7) is 0. The molecule has 1 rings (SSSR count). The van der Waals surface area contributed by atoms with Crippen LogP contribution < -0.4 is 0 Å². The summed E-state index contributed by atoms with van der Waals surface area (Å²) in [6, 6.07) is 8.04. The van der Waals surface area contributed by atoms with Gasteiger partial charge in [0.25, 0.3) is 0 Å². The fourth-order valence-corrected chi connectivity index (χ4v) is 2.88. The van der Waals surface area contributed by atoms with Crippen LogP contribution in [0.5, 0.6) is 0 Å². The zero-order valence-electron chi connectivity index (χ0n) is 7.18. The van der Waals surface area contributed by atoms with E-state index in [0.29, 0.717) is 0 Å². The summed E-state index contributed by atoms with van der Waals surface area (Å²) in [5.74, 6) is 1.10. The van der Waals surface area contributed by atoms with E-state index in [1.54, 1.807) is 0 Å². The predicted octanol–water partition coefficient (Wildman–Crippen LogP) is 4.21. The molecule has 0 heterocycles. The Morgan fingerprint density at radius 3 is 2.17 bits per heavy atom. The van der Waals surface area contributed by atoms with Crippen molar-refractivity contribution in [1.82, 2.24) is 0 Å². The van der Waals surface area contributed by atoms with Gasteiger partial charge in [-0.05, 0) is 45.0 Å². The number of hydrogen-bond donors (Lipinski definition) is 0. The molecule has 0 nitrogen and oxygen atoms in total. The largest absolute Gasteiger partial charge is 0.185 e. The Kier molecular flexibility index (Phi) is 3.50. The highest BCUT2D eigenvalue weighted by atomic mass is 79.9. The molecule has 0 spiro atoms. The van der Waals surface area contributed by atoms with Crippen molar-refractivity contribution < 1.29 is 0 Å². The topological polar surface area (TPSA) is 0 Å². The zero-order chi connectivity index (χ0) is 9.19. The fraction of sp³-hybridized carbons (Fsp3) is 0.333. The van der Waals surface area contributed by atoms with Gasteiger partial charge in [-0.1, -0.05) is 23.7 Å². The van der Waals surface area contributed by atoms with Crippen molar-refractivity contribution in [2.24, 2.45) is 0 Å². The normalized spacial score (nSPS) is 13.0. The van der Waals surface area contributed by atoms with Gasteiger partial charge in [-0.25, -0.2) is 0 Å². The van der Waals surface area contributed by atoms with Crippen molar-refractivity contribution in [3.63, 3.8) is 0 Å². The minimum absolute atomic E-state index is 0.621. The highest BCUT2D eigenvalue weighted by molar-refractivity contribution is 9.57. The summed E-state index contributed by atoms with van der Waals surface area (Å²) in [5, 5.41) is 0.807. The Hall–Kier alpha value is 0.340. The molecule has 0 atom stereocenters. The lowest BCUT2D eigenvalue weighted by Crippen LogP contribution is -1.90. The van der Waals surface area contributed by atoms with Gasteiger partial charge in [0, 0.05) is 10.8 Å². The summed E-state index contributed by atoms with van der Waals surface area (Å²) in [4.78, 5) is 0. The van der Waals surface area contributed by atoms with E-state index < -0.39 is 8.46 Å². The Morgan fingerprint density at radius 1 is 1.25 bits per heavy atom. The fourth-order valence-electron chi connectivity index (χ4n) is 0.977. The van der Waals surface area contributed by atoms with Crippen LogP contribution in [-0.4, -0.2) is 12.5 Å². The summed E-state index contributed by atoms with van der Waals surface area (Å²) in [5.41, 5.74) is 1.34. The van der Waals surface area contributed by atoms with E-state index in [1.807, 2.05) is 12.1 Å². The summed E-state index contributed by atoms with van der Waals surface area (Å²) in [6.07, 6.45) is 4.48. The van der Waals surface area contributed by atoms with Crippen molar-refractivity contribution in [2.75, 3.05) is 12.5 Å². The number of rotatable bonds is 2. The Labute approximate surface area is 87.8 Å². The lowest BCUT2D eigenvalue weighted by Gasteiger charge is -2.22. The van der Waals surface area contributed by atoms with Crippen LogP contribution in [-0.2, 0) is 5.75 Å². The molecule has 68 valence electrons. The molecule has 0 N–H and O–H groups in total. The molecular formula is C9H12BrClS. The maximum Gasteiger partial charge on any atom is 0.0406 e. The Morgan fingerprint density at radius 2 is 1.75 bits per heavy atom. The first-order chi connectivity index (χ1) is 5.47. The SMILES string of the molecule is CS(C)(Br)Cc1ccc(Cl)cc1. The minimum Gasteiger partial charge on any atom is -0.185 e. The molecular weight excluding hydrogens is 256 g/mol. The number of benzene rings is 1. The maximum absolute atomic E-state index is 5.78. The first kappa shape index (κ1) is 10.4. The zero-order valence-corrected chi connectivity index (χ0v) is 10.3. The van der Waals surface area contributed by atoms with E-state index in [4.69, 9.17) is 11.6 Å². The average molecular weight is 268 g/mol. The standard InChI is InChI=1S/C9H12BrClS/c1-12(2,10)7-8-3-5-9(11)6-4-8/h3-6H,7H2,1-2H3. The van der Waals surface area contributed by atoms with Crippen LogP contribution in [0.2, 0.25) is 5.02 Å². The van der Waals surface area contributed by atoms with Gasteiger partial charge in [-0.2, -0.15) is 8.46 Å². The van der Waals surface area contributed by atoms with Gasteiger partial charge in [0.2, 0.25) is 0 Å². The van der Waals surface area contributed by atoms with Crippen LogP contribution in [0.15, 0.2) is 24.3 Å². The molecule has 3 heteroatoms. The molecule has 0 saturated heterocycles. The Balaban J connectivity index is 2.71. The third-order valence-electron chi connectivity index (χ3n) is 1.42. The first-order valence-corrected chi connectivity index (χ1v) is 8.46. The molecule has 0 bridgehead atoms. The molecule has 0 saturated carbocycles. The van der Waals surface area contributed by atoms with Crippen LogP contribution in [0.4, 0.5) is 0 Å². The number of halogens is 2. The van der Waals surface area contributed by atoms with E-state index in [0.717, 1.165) is 10.8 Å². The van der Waals surface area contributed by atoms with Crippen LogP contribution in [0.1, 0.15) is 5.56 Å². The van der Waals surface area contributed by atoms with E-state index in [1.165, 1.54) is 5.56 Å². The second kappa shape index (κ2) is 4.03. The first-order valence-electron chi connectivity index (χ1n) is 3.62. The lowest BCUT2D eigenvalue weighted by molar-refractivity contribution is 1.41. The molecule has 0 amide bonds. The second-order valence-corrected chi connectivity index (χ2v) is 12.0. The number of hydrogen-bond acceptors (Lipinski definition) is 0. The molecule has 0 unspecified atom stereocenters. The molecule has 1 aromatic carbocycles. The summed E-state index contributed by atoms with van der Waals surface area (Å²) < 4.78 is 0. The second-order valence-electron chi connectivity index (χ2n) is 3.17. The molecule has 1 aromatic rings. The molecule has 0 fully saturated rings. The van der Waals surface area contributed by atoms with Crippen LogP contribution >= 0.6 is 34.9 Å². The molecule has 0 aliphatic heterocycles. The summed E-state index contributed by atoms with van der Waals surface area (Å²) in [7, 11) is -0.621. The van der Waals surface area contributed by atoms with E-state index in [9.17, 15) is 0 Å². The van der Waals surface area contributed by atoms with Gasteiger partial charge in [0.1, 0.15) is 0 Å². The molecule has 0 aliphatic rings. The van der Waals surface area contributed by atoms with Crippen molar-refractivity contribution in [3.8, 4) is 0 Å².